The molecule has 2 atom stereocenters. The zero-order valence-corrected chi connectivity index (χ0v) is 7.05. The summed E-state index contributed by atoms with van der Waals surface area (Å²) in [5.74, 6) is 1.18. The van der Waals surface area contributed by atoms with Crippen LogP contribution in [0, 0.1) is 12.3 Å². The lowest BCUT2D eigenvalue weighted by molar-refractivity contribution is -0.142. The first kappa shape index (κ1) is 10.4. The Morgan fingerprint density at radius 1 is 1.82 bits per heavy atom. The van der Waals surface area contributed by atoms with Crippen molar-refractivity contribution in [2.45, 2.75) is 6.04 Å². The Labute approximate surface area is 67.5 Å². The second-order valence-electron chi connectivity index (χ2n) is 1.91. The minimum Gasteiger partial charge on any atom is -0.480 e. The Balaban J connectivity index is 4.04. The van der Waals surface area contributed by atoms with E-state index in [2.05, 4.69) is 15.3 Å². The Hall–Kier alpha value is -0.620. The quantitative estimate of drug-likeness (QED) is 0.432. The Kier molecular flexibility index (Phi) is 4.80. The Bertz CT molecular complexity index is 177. The van der Waals surface area contributed by atoms with E-state index in [0.717, 1.165) is 0 Å². The highest BCUT2D eigenvalue weighted by Gasteiger charge is 2.20. The summed E-state index contributed by atoms with van der Waals surface area (Å²) >= 11 is 0. The lowest BCUT2D eigenvalue weighted by atomic mass is 10.3. The monoisotopic (exact) mass is 175 g/mol. The fourth-order valence-electron chi connectivity index (χ4n) is 0.540. The molecule has 4 nitrogen and oxygen atoms in total. The highest BCUT2D eigenvalue weighted by atomic mass is 31.0. The van der Waals surface area contributed by atoms with Gasteiger partial charge in [0.25, 0.3) is 0 Å². The number of rotatable bonds is 4. The summed E-state index contributed by atoms with van der Waals surface area (Å²) in [6.45, 7) is -0.261. The lowest BCUT2D eigenvalue weighted by Gasteiger charge is -2.19. The first-order valence-corrected chi connectivity index (χ1v) is 3.43. The number of aliphatic carboxylic acids is 1. The smallest absolute Gasteiger partial charge is 0.323 e. The third kappa shape index (κ3) is 3.33. The number of carbonyl (C=O) groups is 1. The van der Waals surface area contributed by atoms with Gasteiger partial charge in [-0.05, 0) is 0 Å². The summed E-state index contributed by atoms with van der Waals surface area (Å²) in [5, 5.41) is 17.1. The molecule has 0 saturated carbocycles. The van der Waals surface area contributed by atoms with E-state index < -0.39 is 18.6 Å². The Morgan fingerprint density at radius 3 is 2.64 bits per heavy atom. The molecule has 0 bridgehead atoms. The zero-order valence-electron chi connectivity index (χ0n) is 5.90. The van der Waals surface area contributed by atoms with Crippen LogP contribution in [0.15, 0.2) is 0 Å². The number of hydrogen-bond donors (Lipinski definition) is 2. The molecule has 0 aliphatic carbocycles. The zero-order chi connectivity index (χ0) is 8.85. The van der Waals surface area contributed by atoms with Gasteiger partial charge in [-0.25, -0.2) is 0 Å². The molecule has 0 amide bonds. The van der Waals surface area contributed by atoms with Crippen LogP contribution in [-0.2, 0) is 4.79 Å². The van der Waals surface area contributed by atoms with Gasteiger partial charge in [-0.3, -0.25) is 9.46 Å². The van der Waals surface area contributed by atoms with Crippen LogP contribution in [0.3, 0.4) is 0 Å². The van der Waals surface area contributed by atoms with Crippen LogP contribution in [-0.4, -0.2) is 40.0 Å². The van der Waals surface area contributed by atoms with Gasteiger partial charge >= 0.3 is 5.97 Å². The van der Waals surface area contributed by atoms with E-state index in [1.54, 1.807) is 0 Å². The molecule has 0 rings (SSSR count). The summed E-state index contributed by atoms with van der Waals surface area (Å²) in [4.78, 5) is 10.4. The predicted octanol–water partition coefficient (Wildman–Crippen LogP) is -0.843. The maximum atomic E-state index is 10.4. The fourth-order valence-corrected chi connectivity index (χ4v) is 0.868. The molecule has 0 fully saturated rings. The molecule has 5 heteroatoms. The fraction of sp³-hybridized carbons (Fsp3) is 0.500. The van der Waals surface area contributed by atoms with E-state index in [1.807, 2.05) is 0 Å². The first-order valence-electron chi connectivity index (χ1n) is 2.92. The SMILES string of the molecule is C#CCN(P)[C@@H](CO)C(=O)O. The maximum absolute atomic E-state index is 10.4. The molecule has 0 heterocycles. The van der Waals surface area contributed by atoms with Crippen molar-refractivity contribution < 1.29 is 15.0 Å². The number of aliphatic hydroxyl groups is 1. The van der Waals surface area contributed by atoms with E-state index in [9.17, 15) is 4.79 Å². The minimum absolute atomic E-state index is 0.183. The molecule has 0 aliphatic rings. The molecule has 0 aromatic carbocycles. The van der Waals surface area contributed by atoms with Crippen molar-refractivity contribution in [1.29, 1.82) is 0 Å². The second kappa shape index (κ2) is 5.09. The van der Waals surface area contributed by atoms with Gasteiger partial charge < -0.3 is 10.2 Å². The number of terminal acetylenes is 1. The van der Waals surface area contributed by atoms with Gasteiger partial charge in [0.15, 0.2) is 0 Å². The summed E-state index contributed by atoms with van der Waals surface area (Å²) < 4.78 is 1.31. The molecular weight excluding hydrogens is 165 g/mol. The second-order valence-corrected chi connectivity index (χ2v) is 2.58. The molecule has 62 valence electrons. The van der Waals surface area contributed by atoms with Gasteiger partial charge in [0.1, 0.15) is 6.04 Å². The van der Waals surface area contributed by atoms with Crippen LogP contribution in [0.4, 0.5) is 0 Å². The van der Waals surface area contributed by atoms with Crippen LogP contribution < -0.4 is 0 Å². The van der Waals surface area contributed by atoms with E-state index in [1.165, 1.54) is 4.67 Å². The highest BCUT2D eigenvalue weighted by molar-refractivity contribution is 7.13. The van der Waals surface area contributed by atoms with Gasteiger partial charge in [0, 0.05) is 0 Å². The number of carboxylic acid groups (broad SMARTS) is 1. The molecule has 1 unspecified atom stereocenters. The van der Waals surface area contributed by atoms with Gasteiger partial charge in [0.05, 0.1) is 13.2 Å². The normalized spacial score (nSPS) is 12.5. The summed E-state index contributed by atoms with van der Waals surface area (Å²) in [7, 11) is 2.16. The molecule has 0 aromatic heterocycles. The van der Waals surface area contributed by atoms with E-state index in [-0.39, 0.29) is 6.54 Å². The van der Waals surface area contributed by atoms with Crippen molar-refractivity contribution in [1.82, 2.24) is 4.67 Å². The van der Waals surface area contributed by atoms with Gasteiger partial charge in [-0.1, -0.05) is 15.3 Å². The molecule has 0 saturated heterocycles. The molecular formula is C6H10NO3P. The molecule has 0 spiro atoms. The molecule has 2 N–H and O–H groups in total. The average molecular weight is 175 g/mol. The topological polar surface area (TPSA) is 60.8 Å². The first-order chi connectivity index (χ1) is 5.13. The van der Waals surface area contributed by atoms with Gasteiger partial charge in [0.2, 0.25) is 0 Å². The summed E-state index contributed by atoms with van der Waals surface area (Å²) in [6.07, 6.45) is 4.94. The van der Waals surface area contributed by atoms with Crippen LogP contribution in [0.1, 0.15) is 0 Å². The maximum Gasteiger partial charge on any atom is 0.323 e. The molecule has 0 radical (unpaired) electrons. The molecule has 11 heavy (non-hydrogen) atoms. The third-order valence-corrected chi connectivity index (χ3v) is 1.67. The van der Waals surface area contributed by atoms with Crippen molar-refractivity contribution in [3.8, 4) is 12.3 Å². The Morgan fingerprint density at radius 2 is 2.36 bits per heavy atom. The standard InChI is InChI=1S/C6H10NO3P/c1-2-3-7(11)5(4-8)6(9)10/h1,5,8H,3-4,11H2,(H,9,10)/t5-/m0/s1. The number of nitrogens with zero attached hydrogens (tertiary/aromatic N) is 1. The average Bonchev–Trinajstić information content (AvgIpc) is 1.88. The lowest BCUT2D eigenvalue weighted by Crippen LogP contribution is -2.37. The number of hydrogen-bond acceptors (Lipinski definition) is 3. The van der Waals surface area contributed by atoms with Crippen LogP contribution >= 0.6 is 9.39 Å². The van der Waals surface area contributed by atoms with Crippen LogP contribution in [0.2, 0.25) is 0 Å². The molecule has 0 aliphatic heterocycles. The highest BCUT2D eigenvalue weighted by Crippen LogP contribution is 2.04. The molecule has 0 aromatic rings. The van der Waals surface area contributed by atoms with Gasteiger partial charge in [-0.15, -0.1) is 6.42 Å². The van der Waals surface area contributed by atoms with Crippen molar-refractivity contribution >= 4 is 15.4 Å². The minimum atomic E-state index is -1.09. The van der Waals surface area contributed by atoms with Crippen molar-refractivity contribution in [3.63, 3.8) is 0 Å². The van der Waals surface area contributed by atoms with Crippen molar-refractivity contribution in [2.24, 2.45) is 0 Å². The summed E-state index contributed by atoms with van der Waals surface area (Å²) in [6, 6.07) is -0.934. The van der Waals surface area contributed by atoms with E-state index in [4.69, 9.17) is 16.6 Å². The van der Waals surface area contributed by atoms with Crippen LogP contribution in [0.25, 0.3) is 0 Å². The van der Waals surface area contributed by atoms with Gasteiger partial charge in [-0.2, -0.15) is 0 Å². The van der Waals surface area contributed by atoms with Crippen molar-refractivity contribution in [3.05, 3.63) is 0 Å². The number of aliphatic hydroxyl groups excluding tert-OH is 1. The van der Waals surface area contributed by atoms with E-state index >= 15 is 0 Å². The van der Waals surface area contributed by atoms with Crippen LogP contribution in [0.5, 0.6) is 0 Å². The summed E-state index contributed by atoms with van der Waals surface area (Å²) in [5.41, 5.74) is 0. The predicted molar refractivity (Wildman–Crippen MR) is 43.8 cm³/mol. The van der Waals surface area contributed by atoms with Crippen molar-refractivity contribution in [2.75, 3.05) is 13.2 Å². The van der Waals surface area contributed by atoms with E-state index in [0.29, 0.717) is 0 Å². The third-order valence-electron chi connectivity index (χ3n) is 1.13. The largest absolute Gasteiger partial charge is 0.480 e. The number of carboxylic acids is 1.